The van der Waals surface area contributed by atoms with Crippen LogP contribution in [-0.4, -0.2) is 37.1 Å². The van der Waals surface area contributed by atoms with Gasteiger partial charge in [-0.2, -0.15) is 9.40 Å². The van der Waals surface area contributed by atoms with Crippen LogP contribution in [0.2, 0.25) is 0 Å². The van der Waals surface area contributed by atoms with E-state index in [1.807, 2.05) is 0 Å². The van der Waals surface area contributed by atoms with Gasteiger partial charge in [-0.05, 0) is 35.4 Å². The van der Waals surface area contributed by atoms with Gasteiger partial charge in [0.25, 0.3) is 10.0 Å². The van der Waals surface area contributed by atoms with Crippen LogP contribution in [0.4, 0.5) is 4.39 Å². The summed E-state index contributed by atoms with van der Waals surface area (Å²) in [6, 6.07) is 14.0. The number of H-pyrrole nitrogens is 1. The van der Waals surface area contributed by atoms with Crippen molar-refractivity contribution >= 4 is 10.0 Å². The molecule has 0 fully saturated rings. The van der Waals surface area contributed by atoms with Gasteiger partial charge >= 0.3 is 0 Å². The van der Waals surface area contributed by atoms with Gasteiger partial charge in [0.2, 0.25) is 5.03 Å². The first-order valence-electron chi connectivity index (χ1n) is 8.39. The molecule has 0 saturated heterocycles. The molecule has 1 N–H and O–H groups in total. The smallest absolute Gasteiger partial charge is 0.263 e. The highest BCUT2D eigenvalue weighted by atomic mass is 32.2. The molecular weight excluding hydrogens is 385 g/mol. The number of hydrogen-bond donors (Lipinski definition) is 1. The normalized spacial score (nSPS) is 11.6. The molecule has 1 heterocycles. The third-order valence-electron chi connectivity index (χ3n) is 4.19. The van der Waals surface area contributed by atoms with E-state index in [0.29, 0.717) is 11.5 Å². The van der Waals surface area contributed by atoms with E-state index >= 15 is 0 Å². The van der Waals surface area contributed by atoms with Crippen molar-refractivity contribution in [3.63, 3.8) is 0 Å². The lowest BCUT2D eigenvalue weighted by molar-refractivity contribution is 0.393. The summed E-state index contributed by atoms with van der Waals surface area (Å²) in [7, 11) is -1.03. The van der Waals surface area contributed by atoms with Gasteiger partial charge in [-0.15, -0.1) is 0 Å². The molecule has 0 spiro atoms. The van der Waals surface area contributed by atoms with Gasteiger partial charge in [0.1, 0.15) is 11.5 Å². The fraction of sp³-hybridized carbons (Fsp3) is 0.211. The van der Waals surface area contributed by atoms with Crippen molar-refractivity contribution in [3.05, 3.63) is 71.7 Å². The number of nitrogens with one attached hydrogen (secondary N) is 1. The highest BCUT2D eigenvalue weighted by molar-refractivity contribution is 7.89. The Bertz CT molecular complexity index is 969. The molecule has 9 heteroatoms. The Morgan fingerprint density at radius 3 is 1.75 bits per heavy atom. The number of methoxy groups -OCH3 is 2. The van der Waals surface area contributed by atoms with Crippen LogP contribution in [0.25, 0.3) is 0 Å². The molecule has 2 aromatic carbocycles. The van der Waals surface area contributed by atoms with E-state index in [-0.39, 0.29) is 13.1 Å². The molecule has 0 radical (unpaired) electrons. The number of sulfonamides is 1. The van der Waals surface area contributed by atoms with E-state index in [0.717, 1.165) is 17.3 Å². The summed E-state index contributed by atoms with van der Waals surface area (Å²) < 4.78 is 51.5. The van der Waals surface area contributed by atoms with Gasteiger partial charge < -0.3 is 9.47 Å². The summed E-state index contributed by atoms with van der Waals surface area (Å²) in [4.78, 5) is 0. The molecule has 0 amide bonds. The van der Waals surface area contributed by atoms with Crippen LogP contribution in [0.5, 0.6) is 11.5 Å². The van der Waals surface area contributed by atoms with Gasteiger partial charge in [-0.3, -0.25) is 5.10 Å². The Hall–Kier alpha value is -2.91. The second kappa shape index (κ2) is 8.41. The molecule has 28 heavy (non-hydrogen) atoms. The summed E-state index contributed by atoms with van der Waals surface area (Å²) in [5.74, 6) is 0.398. The first-order chi connectivity index (χ1) is 13.4. The molecule has 0 unspecified atom stereocenters. The Balaban J connectivity index is 1.93. The summed E-state index contributed by atoms with van der Waals surface area (Å²) in [6.07, 6.45) is 0.839. The van der Waals surface area contributed by atoms with Crippen molar-refractivity contribution in [2.75, 3.05) is 14.2 Å². The first kappa shape index (κ1) is 19.8. The van der Waals surface area contributed by atoms with Gasteiger partial charge in [0, 0.05) is 13.1 Å². The summed E-state index contributed by atoms with van der Waals surface area (Å²) in [5.41, 5.74) is 1.47. The lowest BCUT2D eigenvalue weighted by Crippen LogP contribution is -2.31. The van der Waals surface area contributed by atoms with Crippen molar-refractivity contribution in [3.8, 4) is 11.5 Å². The number of aromatic amines is 1. The average molecular weight is 405 g/mol. The molecule has 3 aromatic rings. The van der Waals surface area contributed by atoms with Crippen LogP contribution in [0.1, 0.15) is 11.1 Å². The Labute approximate surface area is 162 Å². The highest BCUT2D eigenvalue weighted by Crippen LogP contribution is 2.23. The maximum atomic E-state index is 13.9. The van der Waals surface area contributed by atoms with Crippen LogP contribution in [0.15, 0.2) is 59.8 Å². The van der Waals surface area contributed by atoms with Crippen LogP contribution in [-0.2, 0) is 23.1 Å². The summed E-state index contributed by atoms with van der Waals surface area (Å²) in [5, 5.41) is 5.17. The fourth-order valence-electron chi connectivity index (χ4n) is 2.66. The van der Waals surface area contributed by atoms with E-state index in [1.165, 1.54) is 4.31 Å². The largest absolute Gasteiger partial charge is 0.497 e. The third kappa shape index (κ3) is 4.32. The minimum atomic E-state index is -4.14. The molecule has 3 rings (SSSR count). The quantitative estimate of drug-likeness (QED) is 0.623. The van der Waals surface area contributed by atoms with Gasteiger partial charge in [0.15, 0.2) is 5.82 Å². The van der Waals surface area contributed by atoms with E-state index in [4.69, 9.17) is 9.47 Å². The molecule has 0 saturated carbocycles. The lowest BCUT2D eigenvalue weighted by Gasteiger charge is -2.22. The monoisotopic (exact) mass is 405 g/mol. The number of benzene rings is 2. The molecule has 0 aliphatic rings. The fourth-order valence-corrected chi connectivity index (χ4v) is 4.03. The molecule has 148 valence electrons. The minimum Gasteiger partial charge on any atom is -0.497 e. The Morgan fingerprint density at radius 2 is 1.39 bits per heavy atom. The predicted molar refractivity (Wildman–Crippen MR) is 101 cm³/mol. The molecular formula is C19H20FN3O4S. The number of hydrogen-bond acceptors (Lipinski definition) is 5. The summed E-state index contributed by atoms with van der Waals surface area (Å²) >= 11 is 0. The number of nitrogens with zero attached hydrogens (tertiary/aromatic N) is 2. The maximum absolute atomic E-state index is 13.9. The van der Waals surface area contributed by atoms with E-state index in [1.54, 1.807) is 62.8 Å². The average Bonchev–Trinajstić information content (AvgIpc) is 3.15. The second-order valence-electron chi connectivity index (χ2n) is 6.02. The Morgan fingerprint density at radius 1 is 0.929 bits per heavy atom. The van der Waals surface area contributed by atoms with Crippen LogP contribution in [0.3, 0.4) is 0 Å². The number of halogens is 1. The van der Waals surface area contributed by atoms with Crippen molar-refractivity contribution in [1.29, 1.82) is 0 Å². The van der Waals surface area contributed by atoms with Crippen LogP contribution < -0.4 is 9.47 Å². The lowest BCUT2D eigenvalue weighted by atomic mass is 10.2. The molecule has 0 atom stereocenters. The van der Waals surface area contributed by atoms with E-state index in [2.05, 4.69) is 10.2 Å². The third-order valence-corrected chi connectivity index (χ3v) is 5.93. The van der Waals surface area contributed by atoms with E-state index in [9.17, 15) is 12.8 Å². The molecule has 0 bridgehead atoms. The molecule has 7 nitrogen and oxygen atoms in total. The highest BCUT2D eigenvalue weighted by Gasteiger charge is 2.29. The van der Waals surface area contributed by atoms with Crippen molar-refractivity contribution in [1.82, 2.24) is 14.5 Å². The zero-order valence-corrected chi connectivity index (χ0v) is 16.2. The first-order valence-corrected chi connectivity index (χ1v) is 9.83. The number of ether oxygens (including phenoxy) is 2. The van der Waals surface area contributed by atoms with Crippen LogP contribution >= 0.6 is 0 Å². The molecule has 1 aromatic heterocycles. The van der Waals surface area contributed by atoms with Gasteiger partial charge in [0.05, 0.1) is 20.4 Å². The van der Waals surface area contributed by atoms with E-state index < -0.39 is 20.9 Å². The number of aromatic nitrogens is 2. The zero-order valence-electron chi connectivity index (χ0n) is 15.4. The second-order valence-corrected chi connectivity index (χ2v) is 7.89. The van der Waals surface area contributed by atoms with Crippen molar-refractivity contribution in [2.24, 2.45) is 0 Å². The van der Waals surface area contributed by atoms with Gasteiger partial charge in [-0.1, -0.05) is 24.3 Å². The molecule has 0 aliphatic carbocycles. The van der Waals surface area contributed by atoms with Crippen molar-refractivity contribution < 1.29 is 22.3 Å². The zero-order chi connectivity index (χ0) is 20.1. The van der Waals surface area contributed by atoms with Crippen molar-refractivity contribution in [2.45, 2.75) is 18.1 Å². The predicted octanol–water partition coefficient (Wildman–Crippen LogP) is 2.96. The topological polar surface area (TPSA) is 84.5 Å². The summed E-state index contributed by atoms with van der Waals surface area (Å²) in [6.45, 7) is 0.105. The minimum absolute atomic E-state index is 0.0524. The number of rotatable bonds is 8. The standard InChI is InChI=1S/C19H20FN3O4S/c1-26-16-7-3-14(4-8-16)12-23(13-15-5-9-17(27-2)10-6-15)28(24,25)19-18(20)11-21-22-19/h3-11H,12-13H2,1-2H3,(H,21,22). The van der Waals surface area contributed by atoms with Crippen LogP contribution in [0, 0.1) is 5.82 Å². The van der Waals surface area contributed by atoms with Gasteiger partial charge in [-0.25, -0.2) is 12.8 Å². The Kier molecular flexibility index (Phi) is 5.96. The SMILES string of the molecule is COc1ccc(CN(Cc2ccc(OC)cc2)S(=O)(=O)c2[nH]ncc2F)cc1. The molecule has 0 aliphatic heterocycles. The maximum Gasteiger partial charge on any atom is 0.263 e.